The van der Waals surface area contributed by atoms with Gasteiger partial charge in [-0.1, -0.05) is 39.0 Å². The summed E-state index contributed by atoms with van der Waals surface area (Å²) in [5, 5.41) is 3.40. The van der Waals surface area contributed by atoms with Crippen LogP contribution in [0.1, 0.15) is 47.1 Å². The minimum Gasteiger partial charge on any atom is -0.302 e. The molecule has 22 heavy (non-hydrogen) atoms. The van der Waals surface area contributed by atoms with Gasteiger partial charge in [-0.3, -0.25) is 4.79 Å². The molecule has 0 amide bonds. The maximum atomic E-state index is 13.6. The number of thioether (sulfide) groups is 1. The van der Waals surface area contributed by atoms with Gasteiger partial charge in [0.1, 0.15) is 5.82 Å². The van der Waals surface area contributed by atoms with Crippen molar-refractivity contribution in [2.45, 2.75) is 58.9 Å². The van der Waals surface area contributed by atoms with Crippen molar-refractivity contribution in [3.05, 3.63) is 35.6 Å². The minimum absolute atomic E-state index is 0.135. The Morgan fingerprint density at radius 1 is 1.18 bits per heavy atom. The molecule has 1 rings (SSSR count). The van der Waals surface area contributed by atoms with Crippen LogP contribution in [0.25, 0.3) is 0 Å². The van der Waals surface area contributed by atoms with Crippen molar-refractivity contribution >= 4 is 17.5 Å². The predicted octanol–water partition coefficient (Wildman–Crippen LogP) is 4.43. The summed E-state index contributed by atoms with van der Waals surface area (Å²) in [6.45, 7) is 12.0. The van der Waals surface area contributed by atoms with E-state index < -0.39 is 0 Å². The van der Waals surface area contributed by atoms with Gasteiger partial charge in [-0.05, 0) is 32.4 Å². The van der Waals surface area contributed by atoms with Crippen LogP contribution in [-0.2, 0) is 10.5 Å². The van der Waals surface area contributed by atoms with E-state index in [1.165, 1.54) is 6.07 Å². The van der Waals surface area contributed by atoms with E-state index in [4.69, 9.17) is 0 Å². The average Bonchev–Trinajstić information content (AvgIpc) is 2.36. The summed E-state index contributed by atoms with van der Waals surface area (Å²) in [6.07, 6.45) is 0. The highest BCUT2D eigenvalue weighted by atomic mass is 32.2. The molecule has 2 nitrogen and oxygen atoms in total. The van der Waals surface area contributed by atoms with Crippen molar-refractivity contribution in [2.75, 3.05) is 5.75 Å². The van der Waals surface area contributed by atoms with Crippen molar-refractivity contribution in [1.82, 2.24) is 5.32 Å². The number of carbonyl (C=O) groups excluding carboxylic acids is 1. The monoisotopic (exact) mass is 325 g/mol. The number of Topliss-reactive ketones (excluding diaryl/α,β-unsaturated/α-hetero) is 1. The van der Waals surface area contributed by atoms with Crippen LogP contribution < -0.4 is 5.32 Å². The summed E-state index contributed by atoms with van der Waals surface area (Å²) in [4.78, 5) is 12.6. The Bertz CT molecular complexity index is 503. The average molecular weight is 325 g/mol. The Hall–Kier alpha value is -0.870. The fourth-order valence-corrected chi connectivity index (χ4v) is 3.17. The molecule has 1 aromatic rings. The number of hydrogen-bond acceptors (Lipinski definition) is 3. The molecule has 1 N–H and O–H groups in total. The van der Waals surface area contributed by atoms with Crippen LogP contribution in [0.2, 0.25) is 0 Å². The van der Waals surface area contributed by atoms with Crippen LogP contribution in [0.3, 0.4) is 0 Å². The molecule has 0 saturated heterocycles. The fourth-order valence-electron chi connectivity index (χ4n) is 2.13. The van der Waals surface area contributed by atoms with Gasteiger partial charge in [0.05, 0.1) is 6.04 Å². The van der Waals surface area contributed by atoms with Crippen molar-refractivity contribution in [3.8, 4) is 0 Å². The van der Waals surface area contributed by atoms with Gasteiger partial charge in [0.25, 0.3) is 0 Å². The molecule has 0 bridgehead atoms. The highest BCUT2D eigenvalue weighted by Gasteiger charge is 2.31. The fraction of sp³-hybridized carbons (Fsp3) is 0.611. The van der Waals surface area contributed by atoms with E-state index >= 15 is 0 Å². The normalized spacial score (nSPS) is 14.0. The number of nitrogens with one attached hydrogen (secondary N) is 1. The molecule has 1 unspecified atom stereocenters. The second-order valence-electron chi connectivity index (χ2n) is 7.67. The molecule has 1 aromatic carbocycles. The second kappa shape index (κ2) is 7.60. The number of carbonyl (C=O) groups is 1. The van der Waals surface area contributed by atoms with Gasteiger partial charge in [-0.25, -0.2) is 4.39 Å². The van der Waals surface area contributed by atoms with Crippen LogP contribution in [-0.4, -0.2) is 23.1 Å². The van der Waals surface area contributed by atoms with Gasteiger partial charge in [-0.15, -0.1) is 0 Å². The van der Waals surface area contributed by atoms with Crippen LogP contribution in [0.15, 0.2) is 24.3 Å². The van der Waals surface area contributed by atoms with E-state index in [1.54, 1.807) is 23.9 Å². The van der Waals surface area contributed by atoms with Crippen molar-refractivity contribution in [1.29, 1.82) is 0 Å². The molecular formula is C18H28FNOS. The third-order valence-electron chi connectivity index (χ3n) is 3.16. The highest BCUT2D eigenvalue weighted by molar-refractivity contribution is 7.98. The van der Waals surface area contributed by atoms with E-state index in [-0.39, 0.29) is 28.6 Å². The lowest BCUT2D eigenvalue weighted by Gasteiger charge is -2.31. The van der Waals surface area contributed by atoms with E-state index in [2.05, 4.69) is 26.1 Å². The number of halogens is 1. The van der Waals surface area contributed by atoms with Crippen LogP contribution >= 0.6 is 11.8 Å². The lowest BCUT2D eigenvalue weighted by Crippen LogP contribution is -2.52. The number of rotatable bonds is 6. The summed E-state index contributed by atoms with van der Waals surface area (Å²) in [6, 6.07) is 6.57. The van der Waals surface area contributed by atoms with E-state index in [0.717, 1.165) is 0 Å². The van der Waals surface area contributed by atoms with Gasteiger partial charge in [-0.2, -0.15) is 11.8 Å². The zero-order valence-electron chi connectivity index (χ0n) is 14.5. The lowest BCUT2D eigenvalue weighted by atomic mass is 9.86. The highest BCUT2D eigenvalue weighted by Crippen LogP contribution is 2.22. The maximum absolute atomic E-state index is 13.6. The molecule has 1 atom stereocenters. The molecule has 0 fully saturated rings. The molecule has 0 saturated carbocycles. The molecule has 0 aliphatic rings. The van der Waals surface area contributed by atoms with Crippen LogP contribution in [0, 0.1) is 11.2 Å². The summed E-state index contributed by atoms with van der Waals surface area (Å²) >= 11 is 1.59. The Morgan fingerprint density at radius 3 is 2.27 bits per heavy atom. The minimum atomic E-state index is -0.387. The van der Waals surface area contributed by atoms with Gasteiger partial charge < -0.3 is 5.32 Å². The van der Waals surface area contributed by atoms with Crippen LogP contribution in [0.4, 0.5) is 4.39 Å². The predicted molar refractivity (Wildman–Crippen MR) is 93.7 cm³/mol. The first-order valence-corrected chi connectivity index (χ1v) is 8.79. The largest absolute Gasteiger partial charge is 0.302 e. The van der Waals surface area contributed by atoms with Gasteiger partial charge >= 0.3 is 0 Å². The molecule has 0 aliphatic carbocycles. The molecule has 0 aliphatic heterocycles. The third-order valence-corrected chi connectivity index (χ3v) is 4.25. The number of benzene rings is 1. The summed E-state index contributed by atoms with van der Waals surface area (Å²) in [7, 11) is 0. The second-order valence-corrected chi connectivity index (χ2v) is 8.70. The molecular weight excluding hydrogens is 297 g/mol. The van der Waals surface area contributed by atoms with Gasteiger partial charge in [0.2, 0.25) is 0 Å². The van der Waals surface area contributed by atoms with Crippen molar-refractivity contribution < 1.29 is 9.18 Å². The van der Waals surface area contributed by atoms with Gasteiger partial charge in [0.15, 0.2) is 5.78 Å². The molecule has 0 aromatic heterocycles. The SMILES string of the molecule is CC(C)(C)NC(CSCc1ccccc1F)C(=O)C(C)(C)C. The van der Waals surface area contributed by atoms with E-state index in [0.29, 0.717) is 17.1 Å². The first-order valence-electron chi connectivity index (χ1n) is 7.64. The van der Waals surface area contributed by atoms with Gasteiger partial charge in [0, 0.05) is 22.5 Å². The zero-order chi connectivity index (χ0) is 17.0. The van der Waals surface area contributed by atoms with Crippen molar-refractivity contribution in [2.24, 2.45) is 5.41 Å². The maximum Gasteiger partial charge on any atom is 0.155 e. The zero-order valence-corrected chi connectivity index (χ0v) is 15.3. The first kappa shape index (κ1) is 19.2. The molecule has 124 valence electrons. The molecule has 4 heteroatoms. The van der Waals surface area contributed by atoms with E-state index in [9.17, 15) is 9.18 Å². The van der Waals surface area contributed by atoms with Crippen LogP contribution in [0.5, 0.6) is 0 Å². The summed E-state index contributed by atoms with van der Waals surface area (Å²) in [5.41, 5.74) is 0.163. The Kier molecular flexibility index (Phi) is 6.63. The van der Waals surface area contributed by atoms with Crippen molar-refractivity contribution in [3.63, 3.8) is 0 Å². The standard InChI is InChI=1S/C18H28FNOS/c1-17(2,3)16(21)15(20-18(4,5)6)12-22-11-13-9-7-8-10-14(13)19/h7-10,15,20H,11-12H2,1-6H3. The smallest absolute Gasteiger partial charge is 0.155 e. The Balaban J connectivity index is 2.69. The number of hydrogen-bond donors (Lipinski definition) is 1. The lowest BCUT2D eigenvalue weighted by molar-refractivity contribution is -0.128. The molecule has 0 spiro atoms. The quantitative estimate of drug-likeness (QED) is 0.839. The summed E-state index contributed by atoms with van der Waals surface area (Å²) < 4.78 is 13.6. The molecule has 0 radical (unpaired) electrons. The molecule has 0 heterocycles. The number of ketones is 1. The first-order chi connectivity index (χ1) is 10.0. The third kappa shape index (κ3) is 6.49. The van der Waals surface area contributed by atoms with E-state index in [1.807, 2.05) is 26.8 Å². The topological polar surface area (TPSA) is 29.1 Å². The Morgan fingerprint density at radius 2 is 1.77 bits per heavy atom. The Labute approximate surface area is 138 Å². The summed E-state index contributed by atoms with van der Waals surface area (Å²) in [5.74, 6) is 1.23.